The third kappa shape index (κ3) is 3.17. The number of aliphatic hydroxyl groups excluding tert-OH is 1. The van der Waals surface area contributed by atoms with E-state index in [4.69, 9.17) is 32.7 Å². The third-order valence-electron chi connectivity index (χ3n) is 4.24. The van der Waals surface area contributed by atoms with Gasteiger partial charge in [0.1, 0.15) is 16.4 Å². The molecule has 8 heteroatoms. The first kappa shape index (κ1) is 19.0. The van der Waals surface area contributed by atoms with E-state index >= 15 is 0 Å². The summed E-state index contributed by atoms with van der Waals surface area (Å²) in [5.74, 6) is 0.427. The first-order valence-electron chi connectivity index (χ1n) is 8.12. The van der Waals surface area contributed by atoms with Crippen LogP contribution in [0.25, 0.3) is 10.9 Å². The van der Waals surface area contributed by atoms with Gasteiger partial charge in [0, 0.05) is 17.1 Å². The average molecular weight is 399 g/mol. The van der Waals surface area contributed by atoms with Gasteiger partial charge in [0.15, 0.2) is 0 Å². The van der Waals surface area contributed by atoms with Crippen molar-refractivity contribution in [1.29, 1.82) is 0 Å². The van der Waals surface area contributed by atoms with Gasteiger partial charge in [-0.25, -0.2) is 4.79 Å². The number of carbonyl (C=O) groups excluding carboxylic acids is 1. The van der Waals surface area contributed by atoms with E-state index < -0.39 is 17.7 Å². The Balaban J connectivity index is 2.12. The van der Waals surface area contributed by atoms with Crippen LogP contribution in [0.5, 0.6) is 5.75 Å². The van der Waals surface area contributed by atoms with E-state index in [1.165, 1.54) is 12.0 Å². The van der Waals surface area contributed by atoms with Gasteiger partial charge in [0.05, 0.1) is 36.8 Å². The zero-order valence-electron chi connectivity index (χ0n) is 15.0. The molecule has 1 N–H and O–H groups in total. The molecular formula is C18H20Cl2N2O4. The van der Waals surface area contributed by atoms with Crippen LogP contribution in [0, 0.1) is 0 Å². The summed E-state index contributed by atoms with van der Waals surface area (Å²) in [4.78, 5) is 18.5. The van der Waals surface area contributed by atoms with Gasteiger partial charge in [0.2, 0.25) is 0 Å². The third-order valence-corrected chi connectivity index (χ3v) is 5.08. The number of carbonyl (C=O) groups is 1. The summed E-state index contributed by atoms with van der Waals surface area (Å²) in [5.41, 5.74) is 1.49. The van der Waals surface area contributed by atoms with Crippen molar-refractivity contribution in [3.05, 3.63) is 33.4 Å². The largest absolute Gasteiger partial charge is 0.495 e. The number of fused-ring (bicyclic) bond motifs is 3. The summed E-state index contributed by atoms with van der Waals surface area (Å²) in [7, 11) is 1.50. The molecule has 1 atom stereocenters. The van der Waals surface area contributed by atoms with Crippen LogP contribution in [0.4, 0.5) is 4.79 Å². The standard InChI is InChI=1S/C18H20Cl2N2O4/c1-18(2,3)26-17(24)22-7-11-9-5-13(25-4)14(19)15(20)16(9)21-6-10(11)12(22)8-23/h5-6,12,23H,7-8H2,1-4H3. The molecule has 1 unspecified atom stereocenters. The fraction of sp³-hybridized carbons (Fsp3) is 0.444. The lowest BCUT2D eigenvalue weighted by Crippen LogP contribution is -2.36. The Bertz CT molecular complexity index is 880. The molecule has 2 heterocycles. The van der Waals surface area contributed by atoms with Crippen LogP contribution >= 0.6 is 23.2 Å². The topological polar surface area (TPSA) is 71.9 Å². The first-order valence-corrected chi connectivity index (χ1v) is 8.87. The molecule has 0 bridgehead atoms. The van der Waals surface area contributed by atoms with Gasteiger partial charge >= 0.3 is 6.09 Å². The number of aliphatic hydroxyl groups is 1. The molecular weight excluding hydrogens is 379 g/mol. The van der Waals surface area contributed by atoms with Crippen molar-refractivity contribution in [2.45, 2.75) is 39.0 Å². The summed E-state index contributed by atoms with van der Waals surface area (Å²) in [6, 6.07) is 1.22. The van der Waals surface area contributed by atoms with E-state index in [0.717, 1.165) is 16.5 Å². The molecule has 6 nitrogen and oxygen atoms in total. The predicted octanol–water partition coefficient (Wildman–Crippen LogP) is 4.33. The Morgan fingerprint density at radius 3 is 2.65 bits per heavy atom. The lowest BCUT2D eigenvalue weighted by molar-refractivity contribution is 0.0111. The molecule has 26 heavy (non-hydrogen) atoms. The number of rotatable bonds is 2. The van der Waals surface area contributed by atoms with E-state index in [9.17, 15) is 9.90 Å². The average Bonchev–Trinajstić information content (AvgIpc) is 2.95. The van der Waals surface area contributed by atoms with E-state index in [1.807, 2.05) is 0 Å². The molecule has 2 aromatic rings. The molecule has 1 aliphatic heterocycles. The van der Waals surface area contributed by atoms with E-state index in [1.54, 1.807) is 33.0 Å². The maximum atomic E-state index is 12.6. The summed E-state index contributed by atoms with van der Waals surface area (Å²) in [6.07, 6.45) is 1.13. The summed E-state index contributed by atoms with van der Waals surface area (Å²) >= 11 is 12.5. The van der Waals surface area contributed by atoms with Crippen LogP contribution in [-0.2, 0) is 11.3 Å². The van der Waals surface area contributed by atoms with Crippen molar-refractivity contribution in [1.82, 2.24) is 9.88 Å². The molecule has 1 aromatic heterocycles. The van der Waals surface area contributed by atoms with Crippen molar-refractivity contribution in [3.63, 3.8) is 0 Å². The minimum absolute atomic E-state index is 0.238. The molecule has 0 radical (unpaired) electrons. The minimum atomic E-state index is -0.633. The first-order chi connectivity index (χ1) is 12.2. The quantitative estimate of drug-likeness (QED) is 0.814. The number of nitrogens with zero attached hydrogens (tertiary/aromatic N) is 2. The molecule has 3 rings (SSSR count). The normalized spacial score (nSPS) is 16.7. The zero-order chi connectivity index (χ0) is 19.2. The second kappa shape index (κ2) is 6.76. The molecule has 140 valence electrons. The van der Waals surface area contributed by atoms with Crippen LogP contribution in [0.3, 0.4) is 0 Å². The highest BCUT2D eigenvalue weighted by Gasteiger charge is 2.37. The molecule has 0 saturated heterocycles. The van der Waals surface area contributed by atoms with Gasteiger partial charge < -0.3 is 14.6 Å². The lowest BCUT2D eigenvalue weighted by Gasteiger charge is -2.27. The Kier molecular flexibility index (Phi) is 4.94. The van der Waals surface area contributed by atoms with Crippen LogP contribution in [0.1, 0.15) is 37.9 Å². The van der Waals surface area contributed by atoms with Gasteiger partial charge in [-0.15, -0.1) is 0 Å². The van der Waals surface area contributed by atoms with Crippen molar-refractivity contribution < 1.29 is 19.4 Å². The number of amides is 1. The Morgan fingerprint density at radius 1 is 1.38 bits per heavy atom. The molecule has 1 aromatic carbocycles. The fourth-order valence-corrected chi connectivity index (χ4v) is 3.55. The number of aromatic nitrogens is 1. The van der Waals surface area contributed by atoms with Gasteiger partial charge in [-0.2, -0.15) is 0 Å². The highest BCUT2D eigenvalue weighted by atomic mass is 35.5. The number of benzene rings is 1. The molecule has 1 amide bonds. The SMILES string of the molecule is COc1cc2c3c(cnc2c(Cl)c1Cl)C(CO)N(C(=O)OC(C)(C)C)C3. The Morgan fingerprint density at radius 2 is 2.08 bits per heavy atom. The van der Waals surface area contributed by atoms with E-state index in [-0.39, 0.29) is 18.2 Å². The van der Waals surface area contributed by atoms with Crippen molar-refractivity contribution in [2.75, 3.05) is 13.7 Å². The number of ether oxygens (including phenoxy) is 2. The van der Waals surface area contributed by atoms with Gasteiger partial charge in [0.25, 0.3) is 0 Å². The predicted molar refractivity (Wildman–Crippen MR) is 99.9 cm³/mol. The molecule has 1 aliphatic rings. The number of hydrogen-bond acceptors (Lipinski definition) is 5. The van der Waals surface area contributed by atoms with E-state index in [2.05, 4.69) is 4.98 Å². The number of hydrogen-bond donors (Lipinski definition) is 1. The maximum Gasteiger partial charge on any atom is 0.411 e. The lowest BCUT2D eigenvalue weighted by atomic mass is 10.0. The summed E-state index contributed by atoms with van der Waals surface area (Å²) < 4.78 is 10.8. The van der Waals surface area contributed by atoms with Crippen LogP contribution in [-0.4, -0.2) is 40.4 Å². The highest BCUT2D eigenvalue weighted by molar-refractivity contribution is 6.46. The molecule has 0 aliphatic carbocycles. The summed E-state index contributed by atoms with van der Waals surface area (Å²) in [5, 5.41) is 11.2. The second-order valence-corrected chi connectivity index (χ2v) is 7.86. The maximum absolute atomic E-state index is 12.6. The number of methoxy groups -OCH3 is 1. The van der Waals surface area contributed by atoms with Crippen LogP contribution in [0.2, 0.25) is 10.0 Å². The van der Waals surface area contributed by atoms with Crippen molar-refractivity contribution >= 4 is 40.2 Å². The minimum Gasteiger partial charge on any atom is -0.495 e. The van der Waals surface area contributed by atoms with Crippen molar-refractivity contribution in [3.8, 4) is 5.75 Å². The smallest absolute Gasteiger partial charge is 0.411 e. The van der Waals surface area contributed by atoms with Gasteiger partial charge in [-0.3, -0.25) is 9.88 Å². The number of halogens is 2. The summed E-state index contributed by atoms with van der Waals surface area (Å²) in [6.45, 7) is 5.43. The van der Waals surface area contributed by atoms with Gasteiger partial charge in [-0.05, 0) is 32.4 Å². The molecule has 0 spiro atoms. The highest BCUT2D eigenvalue weighted by Crippen LogP contribution is 2.43. The van der Waals surface area contributed by atoms with Crippen LogP contribution < -0.4 is 4.74 Å². The molecule has 0 fully saturated rings. The van der Waals surface area contributed by atoms with Crippen LogP contribution in [0.15, 0.2) is 12.3 Å². The fourth-order valence-electron chi connectivity index (χ4n) is 3.09. The van der Waals surface area contributed by atoms with Gasteiger partial charge in [-0.1, -0.05) is 23.2 Å². The zero-order valence-corrected chi connectivity index (χ0v) is 16.5. The van der Waals surface area contributed by atoms with E-state index in [0.29, 0.717) is 16.3 Å². The molecule has 0 saturated carbocycles. The van der Waals surface area contributed by atoms with Crippen molar-refractivity contribution in [2.24, 2.45) is 0 Å². The number of pyridine rings is 1. The second-order valence-electron chi connectivity index (χ2n) is 7.10. The Hall–Kier alpha value is -1.76. The monoisotopic (exact) mass is 398 g/mol. The Labute approximate surface area is 161 Å².